The summed E-state index contributed by atoms with van der Waals surface area (Å²) in [5.41, 5.74) is 7.04. The van der Waals surface area contributed by atoms with Crippen molar-refractivity contribution in [3.63, 3.8) is 0 Å². The second-order valence-corrected chi connectivity index (χ2v) is 10.00. The molecule has 1 heterocycles. The highest BCUT2D eigenvalue weighted by molar-refractivity contribution is 6.34. The number of benzene rings is 4. The van der Waals surface area contributed by atoms with E-state index in [-0.39, 0.29) is 5.75 Å². The third-order valence-electron chi connectivity index (χ3n) is 6.56. The van der Waals surface area contributed by atoms with Crippen LogP contribution in [0.3, 0.4) is 0 Å². The fourth-order valence-electron chi connectivity index (χ4n) is 4.65. The van der Waals surface area contributed by atoms with Gasteiger partial charge in [0.05, 0.1) is 25.0 Å². The molecule has 0 spiro atoms. The zero-order chi connectivity index (χ0) is 30.3. The van der Waals surface area contributed by atoms with Gasteiger partial charge in [-0.05, 0) is 80.9 Å². The molecule has 218 valence electrons. The molecule has 0 aliphatic carbocycles. The first kappa shape index (κ1) is 29.4. The first-order valence-electron chi connectivity index (χ1n) is 13.8. The van der Waals surface area contributed by atoms with Gasteiger partial charge in [0.2, 0.25) is 0 Å². The minimum atomic E-state index is -0.487. The van der Waals surface area contributed by atoms with Crippen molar-refractivity contribution in [2.75, 3.05) is 13.2 Å². The molecule has 0 bridgehead atoms. The number of carbonyl (C=O) groups is 2. The lowest BCUT2D eigenvalue weighted by Crippen LogP contribution is -2.19. The minimum Gasteiger partial charge on any atom is -0.494 e. The van der Waals surface area contributed by atoms with Crippen LogP contribution in [-0.2, 0) is 0 Å². The van der Waals surface area contributed by atoms with Gasteiger partial charge in [-0.3, -0.25) is 4.79 Å². The fourth-order valence-corrected chi connectivity index (χ4v) is 4.88. The summed E-state index contributed by atoms with van der Waals surface area (Å²) in [5, 5.41) is 5.48. The van der Waals surface area contributed by atoms with Gasteiger partial charge in [-0.1, -0.05) is 47.5 Å². The summed E-state index contributed by atoms with van der Waals surface area (Å²) in [5.74, 6) is 0.405. The van der Waals surface area contributed by atoms with Crippen molar-refractivity contribution in [1.29, 1.82) is 0 Å². The van der Waals surface area contributed by atoms with Gasteiger partial charge < -0.3 is 19.2 Å². The lowest BCUT2D eigenvalue weighted by Gasteiger charge is -2.11. The maximum Gasteiger partial charge on any atom is 0.343 e. The van der Waals surface area contributed by atoms with Crippen LogP contribution >= 0.6 is 11.6 Å². The number of halogens is 1. The molecule has 0 unspecified atom stereocenters. The van der Waals surface area contributed by atoms with Crippen LogP contribution in [0.25, 0.3) is 22.0 Å². The van der Waals surface area contributed by atoms with Crippen molar-refractivity contribution >= 4 is 40.6 Å². The zero-order valence-electron chi connectivity index (χ0n) is 23.9. The Labute approximate surface area is 254 Å². The minimum absolute atomic E-state index is 0.281. The molecule has 0 saturated carbocycles. The van der Waals surface area contributed by atoms with Gasteiger partial charge in [0.15, 0.2) is 11.5 Å². The molecule has 4 aromatic carbocycles. The van der Waals surface area contributed by atoms with E-state index in [1.165, 1.54) is 6.21 Å². The average Bonchev–Trinajstić information content (AvgIpc) is 3.37. The maximum atomic E-state index is 13.4. The van der Waals surface area contributed by atoms with Crippen molar-refractivity contribution in [3.8, 4) is 28.4 Å². The number of hydrogen-bond donors (Lipinski definition) is 2. The lowest BCUT2D eigenvalue weighted by molar-refractivity contribution is 0.0728. The van der Waals surface area contributed by atoms with E-state index in [4.69, 9.17) is 25.8 Å². The second-order valence-electron chi connectivity index (χ2n) is 9.59. The van der Waals surface area contributed by atoms with E-state index in [1.807, 2.05) is 63.2 Å². The van der Waals surface area contributed by atoms with Crippen LogP contribution in [0.5, 0.6) is 17.2 Å². The molecule has 0 atom stereocenters. The number of hydrogen-bond acceptors (Lipinski definition) is 6. The molecule has 0 saturated heterocycles. The monoisotopic (exact) mass is 595 g/mol. The number of fused-ring (bicyclic) bond motifs is 1. The molecular formula is C34H30ClN3O5. The third-order valence-corrected chi connectivity index (χ3v) is 6.88. The first-order chi connectivity index (χ1) is 20.9. The number of amides is 1. The second kappa shape index (κ2) is 13.3. The number of H-pyrrole nitrogens is 1. The number of aromatic amines is 1. The standard InChI is InChI=1S/C34H30ClN3O5/c1-4-41-24-14-15-28-26(19-24)31(25-11-6-7-12-27(25)35)32(37-28)33(39)38-36-20-22-13-16-29(30(18-22)42-5-2)43-34(40)23-10-8-9-21(3)17-23/h6-20,37H,4-5H2,1-3H3,(H,38,39). The fraction of sp³-hybridized carbons (Fsp3) is 0.147. The van der Waals surface area contributed by atoms with Crippen LogP contribution in [-0.4, -0.2) is 36.3 Å². The Hall–Kier alpha value is -5.08. The van der Waals surface area contributed by atoms with Crippen LogP contribution in [0.2, 0.25) is 5.02 Å². The number of carbonyl (C=O) groups excluding carboxylic acids is 2. The Morgan fingerprint density at radius 1 is 0.907 bits per heavy atom. The Kier molecular flexibility index (Phi) is 9.08. The van der Waals surface area contributed by atoms with E-state index in [0.29, 0.717) is 57.7 Å². The van der Waals surface area contributed by atoms with Crippen LogP contribution in [0.15, 0.2) is 90.0 Å². The Balaban J connectivity index is 1.39. The predicted octanol–water partition coefficient (Wildman–Crippen LogP) is 7.58. The van der Waals surface area contributed by atoms with Crippen LogP contribution in [0.4, 0.5) is 0 Å². The first-order valence-corrected chi connectivity index (χ1v) is 14.2. The summed E-state index contributed by atoms with van der Waals surface area (Å²) in [6, 6.07) is 25.1. The topological polar surface area (TPSA) is 102 Å². The molecule has 0 fully saturated rings. The molecule has 1 amide bonds. The molecule has 0 aliphatic heterocycles. The Morgan fingerprint density at radius 2 is 1.72 bits per heavy atom. The number of aromatic nitrogens is 1. The number of esters is 1. The van der Waals surface area contributed by atoms with Crippen molar-refractivity contribution in [2.45, 2.75) is 20.8 Å². The number of rotatable bonds is 10. The summed E-state index contributed by atoms with van der Waals surface area (Å²) < 4.78 is 17.0. The molecular weight excluding hydrogens is 566 g/mol. The summed E-state index contributed by atoms with van der Waals surface area (Å²) in [6.07, 6.45) is 1.48. The molecule has 5 aromatic rings. The van der Waals surface area contributed by atoms with E-state index < -0.39 is 11.9 Å². The molecule has 5 rings (SSSR count). The van der Waals surface area contributed by atoms with Gasteiger partial charge in [-0.25, -0.2) is 10.2 Å². The van der Waals surface area contributed by atoms with Crippen molar-refractivity contribution in [3.05, 3.63) is 112 Å². The van der Waals surface area contributed by atoms with Gasteiger partial charge in [0.25, 0.3) is 5.91 Å². The lowest BCUT2D eigenvalue weighted by atomic mass is 10.0. The predicted molar refractivity (Wildman–Crippen MR) is 169 cm³/mol. The van der Waals surface area contributed by atoms with E-state index in [1.54, 1.807) is 42.5 Å². The summed E-state index contributed by atoms with van der Waals surface area (Å²) in [4.78, 5) is 29.3. The van der Waals surface area contributed by atoms with Gasteiger partial charge in [-0.2, -0.15) is 5.10 Å². The quantitative estimate of drug-likeness (QED) is 0.0750. The van der Waals surface area contributed by atoms with Crippen molar-refractivity contribution in [2.24, 2.45) is 5.10 Å². The van der Waals surface area contributed by atoms with E-state index in [2.05, 4.69) is 15.5 Å². The highest BCUT2D eigenvalue weighted by Crippen LogP contribution is 2.38. The van der Waals surface area contributed by atoms with Crippen molar-refractivity contribution < 1.29 is 23.8 Å². The van der Waals surface area contributed by atoms with Gasteiger partial charge in [0.1, 0.15) is 11.4 Å². The highest BCUT2D eigenvalue weighted by atomic mass is 35.5. The molecule has 2 N–H and O–H groups in total. The number of nitrogens with zero attached hydrogens (tertiary/aromatic N) is 1. The van der Waals surface area contributed by atoms with Crippen LogP contribution in [0, 0.1) is 6.92 Å². The van der Waals surface area contributed by atoms with Gasteiger partial charge in [0, 0.05) is 27.1 Å². The number of hydrazone groups is 1. The van der Waals surface area contributed by atoms with Crippen molar-refractivity contribution in [1.82, 2.24) is 10.4 Å². The van der Waals surface area contributed by atoms with E-state index in [9.17, 15) is 9.59 Å². The third kappa shape index (κ3) is 6.71. The van der Waals surface area contributed by atoms with Gasteiger partial charge in [-0.15, -0.1) is 0 Å². The highest BCUT2D eigenvalue weighted by Gasteiger charge is 2.21. The van der Waals surface area contributed by atoms with Crippen LogP contribution in [0.1, 0.15) is 45.8 Å². The summed E-state index contributed by atoms with van der Waals surface area (Å²) in [6.45, 7) is 6.53. The molecule has 0 radical (unpaired) electrons. The van der Waals surface area contributed by atoms with Crippen LogP contribution < -0.4 is 19.6 Å². The Bertz CT molecular complexity index is 1830. The summed E-state index contributed by atoms with van der Waals surface area (Å²) in [7, 11) is 0. The summed E-state index contributed by atoms with van der Waals surface area (Å²) >= 11 is 6.55. The van der Waals surface area contributed by atoms with E-state index in [0.717, 1.165) is 16.5 Å². The number of ether oxygens (including phenoxy) is 3. The molecule has 0 aliphatic rings. The normalized spacial score (nSPS) is 11.1. The Morgan fingerprint density at radius 3 is 2.49 bits per heavy atom. The molecule has 9 heteroatoms. The maximum absolute atomic E-state index is 13.4. The molecule has 43 heavy (non-hydrogen) atoms. The number of aryl methyl sites for hydroxylation is 1. The zero-order valence-corrected chi connectivity index (χ0v) is 24.7. The smallest absolute Gasteiger partial charge is 0.343 e. The number of nitrogens with one attached hydrogen (secondary N) is 2. The van der Waals surface area contributed by atoms with Gasteiger partial charge >= 0.3 is 5.97 Å². The SMILES string of the molecule is CCOc1ccc2[nH]c(C(=O)NN=Cc3ccc(OC(=O)c4cccc(C)c4)c(OCC)c3)c(-c3ccccc3Cl)c2c1. The molecule has 8 nitrogen and oxygen atoms in total. The molecule has 1 aromatic heterocycles. The van der Waals surface area contributed by atoms with E-state index >= 15 is 0 Å². The largest absolute Gasteiger partial charge is 0.494 e. The average molecular weight is 596 g/mol.